The molecule has 1 aliphatic rings. The summed E-state index contributed by atoms with van der Waals surface area (Å²) in [5.41, 5.74) is 0.802. The number of benzene rings is 1. The molecule has 2 aromatic rings. The molecular weight excluding hydrogens is 282 g/mol. The molecule has 22 heavy (non-hydrogen) atoms. The molecule has 0 aliphatic carbocycles. The Labute approximate surface area is 128 Å². The molecule has 1 saturated heterocycles. The number of hydrogen-bond donors (Lipinski definition) is 2. The highest BCUT2D eigenvalue weighted by Gasteiger charge is 2.29. The standard InChI is InChI=1S/C16H19N3O3/c1-10-6-11(16(21)22)4-5-19(10)9-15-17-8-12-7-13(20)2-3-14(12)18-15/h2-3,7-8,10-11,20H,4-6,9H2,1H3,(H,21,22). The fourth-order valence-corrected chi connectivity index (χ4v) is 3.00. The predicted molar refractivity (Wildman–Crippen MR) is 81.4 cm³/mol. The number of aromatic nitrogens is 2. The van der Waals surface area contributed by atoms with Gasteiger partial charge in [0.05, 0.1) is 18.0 Å². The number of carbonyl (C=O) groups is 1. The van der Waals surface area contributed by atoms with Gasteiger partial charge < -0.3 is 10.2 Å². The number of carboxylic acid groups (broad SMARTS) is 1. The van der Waals surface area contributed by atoms with Gasteiger partial charge in [0.1, 0.15) is 11.6 Å². The minimum absolute atomic E-state index is 0.202. The zero-order valence-corrected chi connectivity index (χ0v) is 12.4. The van der Waals surface area contributed by atoms with E-state index >= 15 is 0 Å². The summed E-state index contributed by atoms with van der Waals surface area (Å²) in [6.45, 7) is 3.41. The van der Waals surface area contributed by atoms with Gasteiger partial charge in [-0.15, -0.1) is 0 Å². The fourth-order valence-electron chi connectivity index (χ4n) is 3.00. The number of phenolic OH excluding ortho intramolecular Hbond substituents is 1. The predicted octanol–water partition coefficient (Wildman–Crippen LogP) is 2.02. The lowest BCUT2D eigenvalue weighted by molar-refractivity contribution is -0.144. The highest BCUT2D eigenvalue weighted by Crippen LogP contribution is 2.24. The van der Waals surface area contributed by atoms with E-state index in [1.807, 2.05) is 6.92 Å². The number of hydrogen-bond acceptors (Lipinski definition) is 5. The number of phenols is 1. The van der Waals surface area contributed by atoms with E-state index in [1.54, 1.807) is 24.4 Å². The third-order valence-electron chi connectivity index (χ3n) is 4.32. The molecule has 3 rings (SSSR count). The molecule has 1 aromatic heterocycles. The third-order valence-corrected chi connectivity index (χ3v) is 4.32. The van der Waals surface area contributed by atoms with Crippen molar-refractivity contribution >= 4 is 16.9 Å². The van der Waals surface area contributed by atoms with E-state index in [9.17, 15) is 9.90 Å². The number of nitrogens with zero attached hydrogens (tertiary/aromatic N) is 3. The van der Waals surface area contributed by atoms with Crippen LogP contribution in [0.2, 0.25) is 0 Å². The van der Waals surface area contributed by atoms with Crippen molar-refractivity contribution in [3.8, 4) is 5.75 Å². The molecule has 0 saturated carbocycles. The number of aromatic hydroxyl groups is 1. The number of rotatable bonds is 3. The summed E-state index contributed by atoms with van der Waals surface area (Å²) >= 11 is 0. The van der Waals surface area contributed by atoms with Crippen molar-refractivity contribution in [2.45, 2.75) is 32.4 Å². The van der Waals surface area contributed by atoms with Gasteiger partial charge in [0.2, 0.25) is 0 Å². The van der Waals surface area contributed by atoms with E-state index in [1.165, 1.54) is 0 Å². The topological polar surface area (TPSA) is 86.5 Å². The van der Waals surface area contributed by atoms with Gasteiger partial charge in [0.25, 0.3) is 0 Å². The average molecular weight is 301 g/mol. The van der Waals surface area contributed by atoms with E-state index in [-0.39, 0.29) is 17.7 Å². The summed E-state index contributed by atoms with van der Waals surface area (Å²) in [5, 5.41) is 19.4. The molecule has 1 aliphatic heterocycles. The van der Waals surface area contributed by atoms with Gasteiger partial charge in [-0.1, -0.05) is 0 Å². The summed E-state index contributed by atoms with van der Waals surface area (Å²) in [4.78, 5) is 22.2. The Bertz CT molecular complexity index is 704. The maximum atomic E-state index is 11.1. The molecule has 0 spiro atoms. The summed E-state index contributed by atoms with van der Waals surface area (Å²) in [6, 6.07) is 5.23. The minimum Gasteiger partial charge on any atom is -0.508 e. The summed E-state index contributed by atoms with van der Waals surface area (Å²) in [7, 11) is 0. The monoisotopic (exact) mass is 301 g/mol. The van der Waals surface area contributed by atoms with Crippen molar-refractivity contribution in [1.29, 1.82) is 0 Å². The molecule has 2 heterocycles. The van der Waals surface area contributed by atoms with E-state index in [0.29, 0.717) is 19.4 Å². The van der Waals surface area contributed by atoms with Crippen LogP contribution in [-0.4, -0.2) is 43.6 Å². The van der Waals surface area contributed by atoms with Crippen molar-refractivity contribution < 1.29 is 15.0 Å². The zero-order chi connectivity index (χ0) is 15.7. The van der Waals surface area contributed by atoms with Gasteiger partial charge in [-0.2, -0.15) is 0 Å². The van der Waals surface area contributed by atoms with Crippen LogP contribution in [0, 0.1) is 5.92 Å². The van der Waals surface area contributed by atoms with Crippen molar-refractivity contribution in [2.24, 2.45) is 5.92 Å². The van der Waals surface area contributed by atoms with Crippen LogP contribution in [-0.2, 0) is 11.3 Å². The number of fused-ring (bicyclic) bond motifs is 1. The molecule has 6 nitrogen and oxygen atoms in total. The zero-order valence-electron chi connectivity index (χ0n) is 12.4. The summed E-state index contributed by atoms with van der Waals surface area (Å²) in [5.74, 6) is -0.0213. The van der Waals surface area contributed by atoms with Gasteiger partial charge in [-0.25, -0.2) is 9.97 Å². The highest BCUT2D eigenvalue weighted by molar-refractivity contribution is 5.79. The Kier molecular flexibility index (Phi) is 3.94. The van der Waals surface area contributed by atoms with Gasteiger partial charge in [-0.3, -0.25) is 9.69 Å². The Morgan fingerprint density at radius 2 is 2.27 bits per heavy atom. The second-order valence-corrected chi connectivity index (χ2v) is 5.91. The van der Waals surface area contributed by atoms with Crippen LogP contribution in [0.15, 0.2) is 24.4 Å². The van der Waals surface area contributed by atoms with Crippen LogP contribution >= 0.6 is 0 Å². The number of aliphatic carboxylic acids is 1. The first kappa shape index (κ1) is 14.7. The van der Waals surface area contributed by atoms with Crippen molar-refractivity contribution in [3.05, 3.63) is 30.2 Å². The number of carboxylic acids is 1. The molecule has 2 unspecified atom stereocenters. The van der Waals surface area contributed by atoms with Gasteiger partial charge in [0.15, 0.2) is 0 Å². The van der Waals surface area contributed by atoms with Crippen LogP contribution in [0.25, 0.3) is 10.9 Å². The van der Waals surface area contributed by atoms with E-state index in [0.717, 1.165) is 23.3 Å². The fraction of sp³-hybridized carbons (Fsp3) is 0.438. The minimum atomic E-state index is -0.701. The largest absolute Gasteiger partial charge is 0.508 e. The molecular formula is C16H19N3O3. The Morgan fingerprint density at radius 1 is 1.45 bits per heavy atom. The maximum absolute atomic E-state index is 11.1. The number of piperidine rings is 1. The van der Waals surface area contributed by atoms with E-state index in [2.05, 4.69) is 14.9 Å². The quantitative estimate of drug-likeness (QED) is 0.902. The number of likely N-dealkylation sites (tertiary alicyclic amines) is 1. The van der Waals surface area contributed by atoms with Gasteiger partial charge in [0, 0.05) is 17.6 Å². The second-order valence-electron chi connectivity index (χ2n) is 5.91. The smallest absolute Gasteiger partial charge is 0.306 e. The lowest BCUT2D eigenvalue weighted by Crippen LogP contribution is -2.42. The summed E-state index contributed by atoms with van der Waals surface area (Å²) in [6.07, 6.45) is 3.05. The van der Waals surface area contributed by atoms with Crippen LogP contribution in [0.3, 0.4) is 0 Å². The van der Waals surface area contributed by atoms with Crippen LogP contribution in [0.1, 0.15) is 25.6 Å². The Morgan fingerprint density at radius 3 is 3.00 bits per heavy atom. The first-order valence-electron chi connectivity index (χ1n) is 7.44. The third kappa shape index (κ3) is 3.01. The lowest BCUT2D eigenvalue weighted by atomic mass is 9.92. The highest BCUT2D eigenvalue weighted by atomic mass is 16.4. The van der Waals surface area contributed by atoms with Crippen molar-refractivity contribution in [3.63, 3.8) is 0 Å². The first-order valence-corrected chi connectivity index (χ1v) is 7.44. The molecule has 116 valence electrons. The van der Waals surface area contributed by atoms with Crippen LogP contribution < -0.4 is 0 Å². The average Bonchev–Trinajstić information content (AvgIpc) is 2.49. The molecule has 1 aromatic carbocycles. The van der Waals surface area contributed by atoms with Crippen molar-refractivity contribution in [2.75, 3.05) is 6.54 Å². The van der Waals surface area contributed by atoms with Crippen LogP contribution in [0.4, 0.5) is 0 Å². The second kappa shape index (κ2) is 5.88. The molecule has 2 atom stereocenters. The van der Waals surface area contributed by atoms with E-state index < -0.39 is 5.97 Å². The van der Waals surface area contributed by atoms with Crippen LogP contribution in [0.5, 0.6) is 5.75 Å². The molecule has 1 fully saturated rings. The van der Waals surface area contributed by atoms with E-state index in [4.69, 9.17) is 5.11 Å². The lowest BCUT2D eigenvalue weighted by Gasteiger charge is -2.35. The normalized spacial score (nSPS) is 22.8. The maximum Gasteiger partial charge on any atom is 0.306 e. The molecule has 0 amide bonds. The Hall–Kier alpha value is -2.21. The summed E-state index contributed by atoms with van der Waals surface area (Å²) < 4.78 is 0. The Balaban J connectivity index is 1.73. The first-order chi connectivity index (χ1) is 10.5. The van der Waals surface area contributed by atoms with Crippen molar-refractivity contribution in [1.82, 2.24) is 14.9 Å². The molecule has 0 radical (unpaired) electrons. The molecule has 6 heteroatoms. The molecule has 2 N–H and O–H groups in total. The van der Waals surface area contributed by atoms with Gasteiger partial charge in [-0.05, 0) is 44.5 Å². The SMILES string of the molecule is CC1CC(C(=O)O)CCN1Cc1ncc2cc(O)ccc2n1. The van der Waals surface area contributed by atoms with Gasteiger partial charge >= 0.3 is 5.97 Å². The molecule has 0 bridgehead atoms.